The van der Waals surface area contributed by atoms with E-state index in [0.29, 0.717) is 17.4 Å². The molecule has 0 aromatic rings. The fraction of sp³-hybridized carbons (Fsp3) is 0.948. The minimum atomic E-state index is -1.50. The monoisotopic (exact) mass is 953 g/mol. The number of carboxylic acids is 1. The molecular formula is C58H114NO8+. The Kier molecular flexibility index (Phi) is 49.4. The Bertz CT molecular complexity index is 1060. The number of hydrogen-bond donors (Lipinski definition) is 1. The number of carboxylic acid groups (broad SMARTS) is 1. The van der Waals surface area contributed by atoms with Gasteiger partial charge in [-0.15, -0.1) is 0 Å². The van der Waals surface area contributed by atoms with Gasteiger partial charge < -0.3 is 28.5 Å². The van der Waals surface area contributed by atoms with E-state index in [1.165, 1.54) is 231 Å². The van der Waals surface area contributed by atoms with Crippen LogP contribution in [0.3, 0.4) is 0 Å². The Labute approximate surface area is 415 Å². The standard InChI is InChI=1S/C58H113NO8/c1-6-8-10-12-14-16-18-20-22-24-26-28-30-32-34-36-38-40-42-44-46-48-55(60)65-52-54(53-66-58(57(62)63)64-51-50-59(3,4)5)67-56(61)49-47-45-43-41-39-37-35-33-31-29-27-25-23-21-19-17-15-13-11-9-7-2/h54,58H,6-53H2,1-5H3/p+1. The van der Waals surface area contributed by atoms with Crippen LogP contribution in [0.2, 0.25) is 0 Å². The van der Waals surface area contributed by atoms with E-state index < -0.39 is 18.4 Å². The average molecular weight is 954 g/mol. The van der Waals surface area contributed by atoms with Crippen molar-refractivity contribution in [1.29, 1.82) is 0 Å². The molecule has 0 amide bonds. The number of esters is 2. The zero-order chi connectivity index (χ0) is 49.2. The average Bonchev–Trinajstić information content (AvgIpc) is 3.29. The molecule has 1 N–H and O–H groups in total. The first-order valence-corrected chi connectivity index (χ1v) is 29.2. The topological polar surface area (TPSA) is 108 Å². The SMILES string of the molecule is CCCCCCCCCCCCCCCCCCCCCCCC(=O)OCC(COC(OCC[N+](C)(C)C)C(=O)O)OC(=O)CCCCCCCCCCCCCCCCCCCCCCC. The van der Waals surface area contributed by atoms with E-state index >= 15 is 0 Å². The lowest BCUT2D eigenvalue weighted by Gasteiger charge is -2.25. The highest BCUT2D eigenvalue weighted by molar-refractivity contribution is 5.71. The summed E-state index contributed by atoms with van der Waals surface area (Å²) in [5, 5.41) is 9.70. The molecule has 398 valence electrons. The third-order valence-corrected chi connectivity index (χ3v) is 13.4. The molecule has 0 heterocycles. The van der Waals surface area contributed by atoms with Crippen LogP contribution < -0.4 is 0 Å². The van der Waals surface area contributed by atoms with Crippen molar-refractivity contribution in [1.82, 2.24) is 0 Å². The van der Waals surface area contributed by atoms with Crippen LogP contribution in [0.4, 0.5) is 0 Å². The molecule has 9 nitrogen and oxygen atoms in total. The number of quaternary nitrogens is 1. The summed E-state index contributed by atoms with van der Waals surface area (Å²) in [5.41, 5.74) is 0. The van der Waals surface area contributed by atoms with Crippen molar-refractivity contribution < 1.29 is 42.9 Å². The first-order valence-electron chi connectivity index (χ1n) is 29.2. The second-order valence-electron chi connectivity index (χ2n) is 21.3. The smallest absolute Gasteiger partial charge is 0.361 e. The first kappa shape index (κ1) is 65.3. The van der Waals surface area contributed by atoms with Gasteiger partial charge in [0.25, 0.3) is 6.29 Å². The molecule has 0 saturated heterocycles. The van der Waals surface area contributed by atoms with Gasteiger partial charge in [0, 0.05) is 12.8 Å². The highest BCUT2D eigenvalue weighted by Gasteiger charge is 2.25. The predicted molar refractivity (Wildman–Crippen MR) is 282 cm³/mol. The third-order valence-electron chi connectivity index (χ3n) is 13.4. The summed E-state index contributed by atoms with van der Waals surface area (Å²) in [5.74, 6) is -1.97. The van der Waals surface area contributed by atoms with Gasteiger partial charge in [-0.25, -0.2) is 4.79 Å². The number of unbranched alkanes of at least 4 members (excludes halogenated alkanes) is 40. The van der Waals surface area contributed by atoms with Gasteiger partial charge in [-0.05, 0) is 12.8 Å². The van der Waals surface area contributed by atoms with E-state index in [9.17, 15) is 19.5 Å². The summed E-state index contributed by atoms with van der Waals surface area (Å²) in [7, 11) is 5.98. The lowest BCUT2D eigenvalue weighted by Crippen LogP contribution is -2.40. The number of carbonyl (C=O) groups is 3. The highest BCUT2D eigenvalue weighted by Crippen LogP contribution is 2.18. The second-order valence-corrected chi connectivity index (χ2v) is 21.3. The fourth-order valence-corrected chi connectivity index (χ4v) is 8.84. The molecular weight excluding hydrogens is 839 g/mol. The molecule has 0 spiro atoms. The lowest BCUT2D eigenvalue weighted by molar-refractivity contribution is -0.870. The minimum Gasteiger partial charge on any atom is -0.477 e. The Balaban J connectivity index is 4.19. The molecule has 2 unspecified atom stereocenters. The summed E-state index contributed by atoms with van der Waals surface area (Å²) in [6.45, 7) is 4.95. The number of aliphatic carboxylic acids is 1. The van der Waals surface area contributed by atoms with Gasteiger partial charge >= 0.3 is 17.9 Å². The van der Waals surface area contributed by atoms with E-state index in [2.05, 4.69) is 13.8 Å². The molecule has 0 aliphatic carbocycles. The van der Waals surface area contributed by atoms with Gasteiger partial charge in [0.2, 0.25) is 0 Å². The Morgan fingerprint density at radius 2 is 0.672 bits per heavy atom. The largest absolute Gasteiger partial charge is 0.477 e. The maximum absolute atomic E-state index is 12.9. The normalized spacial score (nSPS) is 12.7. The predicted octanol–water partition coefficient (Wildman–Crippen LogP) is 16.8. The van der Waals surface area contributed by atoms with E-state index in [1.807, 2.05) is 21.1 Å². The molecule has 67 heavy (non-hydrogen) atoms. The molecule has 0 radical (unpaired) electrons. The molecule has 0 bridgehead atoms. The fourth-order valence-electron chi connectivity index (χ4n) is 8.84. The van der Waals surface area contributed by atoms with Gasteiger partial charge in [-0.3, -0.25) is 9.59 Å². The summed E-state index contributed by atoms with van der Waals surface area (Å²) in [6.07, 6.45) is 53.2. The van der Waals surface area contributed by atoms with Crippen molar-refractivity contribution in [3.63, 3.8) is 0 Å². The van der Waals surface area contributed by atoms with Crippen LogP contribution in [0.25, 0.3) is 0 Å². The van der Waals surface area contributed by atoms with Gasteiger partial charge in [0.05, 0.1) is 34.4 Å². The Morgan fingerprint density at radius 3 is 0.955 bits per heavy atom. The van der Waals surface area contributed by atoms with Gasteiger partial charge in [-0.2, -0.15) is 0 Å². The third kappa shape index (κ3) is 52.0. The van der Waals surface area contributed by atoms with Crippen molar-refractivity contribution in [2.45, 2.75) is 309 Å². The second kappa shape index (κ2) is 50.7. The van der Waals surface area contributed by atoms with Crippen molar-refractivity contribution in [3.05, 3.63) is 0 Å². The van der Waals surface area contributed by atoms with E-state index in [1.54, 1.807) is 0 Å². The van der Waals surface area contributed by atoms with E-state index in [-0.39, 0.29) is 38.2 Å². The molecule has 0 aliphatic heterocycles. The van der Waals surface area contributed by atoms with Crippen LogP contribution >= 0.6 is 0 Å². The first-order chi connectivity index (χ1) is 32.6. The Hall–Kier alpha value is -1.71. The van der Waals surface area contributed by atoms with Crippen LogP contribution in [0.5, 0.6) is 0 Å². The molecule has 0 fully saturated rings. The van der Waals surface area contributed by atoms with Crippen molar-refractivity contribution in [2.75, 3.05) is 47.5 Å². The molecule has 0 aromatic carbocycles. The molecule has 0 saturated carbocycles. The molecule has 0 rings (SSSR count). The van der Waals surface area contributed by atoms with Crippen molar-refractivity contribution in [2.24, 2.45) is 0 Å². The number of likely N-dealkylation sites (N-methyl/N-ethyl adjacent to an activating group) is 1. The maximum atomic E-state index is 12.9. The summed E-state index contributed by atoms with van der Waals surface area (Å²) < 4.78 is 22.9. The molecule has 9 heteroatoms. The number of hydrogen-bond acceptors (Lipinski definition) is 7. The molecule has 0 aromatic heterocycles. The summed E-state index contributed by atoms with van der Waals surface area (Å²) in [4.78, 5) is 37.4. The number of carbonyl (C=O) groups excluding carboxylic acids is 2. The number of rotatable bonds is 55. The van der Waals surface area contributed by atoms with Crippen molar-refractivity contribution >= 4 is 17.9 Å². The molecule has 2 atom stereocenters. The summed E-state index contributed by atoms with van der Waals surface area (Å²) >= 11 is 0. The van der Waals surface area contributed by atoms with Crippen molar-refractivity contribution in [3.8, 4) is 0 Å². The summed E-state index contributed by atoms with van der Waals surface area (Å²) in [6, 6.07) is 0. The van der Waals surface area contributed by atoms with Crippen LogP contribution in [0, 0.1) is 0 Å². The maximum Gasteiger partial charge on any atom is 0.361 e. The number of ether oxygens (including phenoxy) is 4. The zero-order valence-corrected chi connectivity index (χ0v) is 45.3. The highest BCUT2D eigenvalue weighted by atomic mass is 16.7. The molecule has 0 aliphatic rings. The van der Waals surface area contributed by atoms with Gasteiger partial charge in [0.1, 0.15) is 13.2 Å². The van der Waals surface area contributed by atoms with Crippen LogP contribution in [0.1, 0.15) is 296 Å². The van der Waals surface area contributed by atoms with E-state index in [0.717, 1.165) is 38.5 Å². The quantitative estimate of drug-likeness (QED) is 0.0278. The van der Waals surface area contributed by atoms with E-state index in [4.69, 9.17) is 18.9 Å². The van der Waals surface area contributed by atoms with Crippen LogP contribution in [-0.4, -0.2) is 87.4 Å². The van der Waals surface area contributed by atoms with Gasteiger partial charge in [0.15, 0.2) is 6.10 Å². The van der Waals surface area contributed by atoms with Crippen LogP contribution in [-0.2, 0) is 33.3 Å². The van der Waals surface area contributed by atoms with Crippen LogP contribution in [0.15, 0.2) is 0 Å². The minimum absolute atomic E-state index is 0.172. The Morgan fingerprint density at radius 1 is 0.388 bits per heavy atom. The zero-order valence-electron chi connectivity index (χ0n) is 45.3. The lowest BCUT2D eigenvalue weighted by atomic mass is 10.0. The number of nitrogens with zero attached hydrogens (tertiary/aromatic N) is 1. The van der Waals surface area contributed by atoms with Gasteiger partial charge in [-0.1, -0.05) is 271 Å².